The summed E-state index contributed by atoms with van der Waals surface area (Å²) in [6, 6.07) is 0. The number of rotatable bonds is 6. The first-order valence-electron chi connectivity index (χ1n) is 5.81. The van der Waals surface area contributed by atoms with E-state index in [1.54, 1.807) is 7.11 Å². The number of thiazole rings is 1. The average Bonchev–Trinajstić information content (AvgIpc) is 3.00. The summed E-state index contributed by atoms with van der Waals surface area (Å²) in [6.45, 7) is 5.93. The third kappa shape index (κ3) is 3.27. The van der Waals surface area contributed by atoms with Gasteiger partial charge >= 0.3 is 0 Å². The predicted octanol–water partition coefficient (Wildman–Crippen LogP) is 2.54. The molecule has 0 aliphatic heterocycles. The average molecular weight is 240 g/mol. The van der Waals surface area contributed by atoms with Crippen LogP contribution in [0.25, 0.3) is 0 Å². The molecule has 1 aromatic heterocycles. The molecule has 0 spiro atoms. The molecule has 1 aliphatic carbocycles. The zero-order chi connectivity index (χ0) is 11.6. The summed E-state index contributed by atoms with van der Waals surface area (Å²) >= 11 is 1.85. The molecule has 2 rings (SSSR count). The minimum atomic E-state index is -0.0932. The molecule has 0 bridgehead atoms. The molecular formula is C12H20N2OS. The fraction of sp³-hybridized carbons (Fsp3) is 0.750. The number of hydrogen-bond acceptors (Lipinski definition) is 4. The van der Waals surface area contributed by atoms with Gasteiger partial charge in [0, 0.05) is 37.2 Å². The Labute approximate surface area is 101 Å². The van der Waals surface area contributed by atoms with Crippen LogP contribution in [0.4, 0.5) is 0 Å². The second-order valence-electron chi connectivity index (χ2n) is 5.01. The lowest BCUT2D eigenvalue weighted by Crippen LogP contribution is -2.36. The molecule has 90 valence electrons. The molecule has 1 aliphatic rings. The first-order chi connectivity index (χ1) is 7.61. The van der Waals surface area contributed by atoms with Crippen LogP contribution in [-0.4, -0.2) is 24.2 Å². The number of hydrogen-bond donors (Lipinski definition) is 1. The van der Waals surface area contributed by atoms with Crippen LogP contribution in [0.3, 0.4) is 0 Å². The van der Waals surface area contributed by atoms with Crippen molar-refractivity contribution >= 4 is 11.3 Å². The van der Waals surface area contributed by atoms with Gasteiger partial charge in [-0.2, -0.15) is 0 Å². The molecule has 1 saturated carbocycles. The van der Waals surface area contributed by atoms with E-state index in [1.807, 2.05) is 17.5 Å². The second-order valence-corrected chi connectivity index (χ2v) is 6.15. The van der Waals surface area contributed by atoms with E-state index in [1.165, 1.54) is 22.7 Å². The highest BCUT2D eigenvalue weighted by Crippen LogP contribution is 2.41. The van der Waals surface area contributed by atoms with Crippen molar-refractivity contribution in [2.45, 2.75) is 44.8 Å². The van der Waals surface area contributed by atoms with E-state index in [9.17, 15) is 0 Å². The Morgan fingerprint density at radius 3 is 2.94 bits per heavy atom. The quantitative estimate of drug-likeness (QED) is 0.829. The van der Waals surface area contributed by atoms with Crippen LogP contribution in [0, 0.1) is 0 Å². The standard InChI is InChI=1S/C12H20N2OS/c1-12(2,15-3)8-13-6-10-7-14-11(16-10)9-4-5-9/h7,9,13H,4-6,8H2,1-3H3. The molecule has 1 aromatic rings. The third-order valence-electron chi connectivity index (χ3n) is 2.90. The van der Waals surface area contributed by atoms with Gasteiger partial charge in [-0.1, -0.05) is 0 Å². The Hall–Kier alpha value is -0.450. The van der Waals surface area contributed by atoms with Crippen LogP contribution in [0.2, 0.25) is 0 Å². The number of ether oxygens (including phenoxy) is 1. The number of nitrogens with one attached hydrogen (secondary N) is 1. The number of aromatic nitrogens is 1. The molecule has 3 nitrogen and oxygen atoms in total. The van der Waals surface area contributed by atoms with Gasteiger partial charge in [0.15, 0.2) is 0 Å². The summed E-state index contributed by atoms with van der Waals surface area (Å²) in [5, 5.41) is 4.73. The van der Waals surface area contributed by atoms with Crippen LogP contribution in [-0.2, 0) is 11.3 Å². The van der Waals surface area contributed by atoms with E-state index in [0.29, 0.717) is 0 Å². The van der Waals surface area contributed by atoms with Gasteiger partial charge < -0.3 is 10.1 Å². The van der Waals surface area contributed by atoms with Crippen molar-refractivity contribution in [3.05, 3.63) is 16.1 Å². The summed E-state index contributed by atoms with van der Waals surface area (Å²) in [5.41, 5.74) is -0.0932. The van der Waals surface area contributed by atoms with Crippen molar-refractivity contribution in [2.75, 3.05) is 13.7 Å². The number of methoxy groups -OCH3 is 1. The van der Waals surface area contributed by atoms with Crippen molar-refractivity contribution in [1.82, 2.24) is 10.3 Å². The molecule has 0 atom stereocenters. The van der Waals surface area contributed by atoms with Crippen molar-refractivity contribution < 1.29 is 4.74 Å². The normalized spacial score (nSPS) is 16.7. The van der Waals surface area contributed by atoms with Gasteiger partial charge in [0.05, 0.1) is 10.6 Å². The Kier molecular flexibility index (Phi) is 3.62. The molecule has 1 N–H and O–H groups in total. The van der Waals surface area contributed by atoms with Gasteiger partial charge in [-0.15, -0.1) is 11.3 Å². The van der Waals surface area contributed by atoms with Crippen molar-refractivity contribution in [1.29, 1.82) is 0 Å². The first kappa shape index (κ1) is 12.0. The summed E-state index contributed by atoms with van der Waals surface area (Å²) in [7, 11) is 1.75. The van der Waals surface area contributed by atoms with Crippen LogP contribution >= 0.6 is 11.3 Å². The Balaban J connectivity index is 1.76. The highest BCUT2D eigenvalue weighted by atomic mass is 32.1. The molecule has 16 heavy (non-hydrogen) atoms. The van der Waals surface area contributed by atoms with E-state index < -0.39 is 0 Å². The van der Waals surface area contributed by atoms with Crippen molar-refractivity contribution in [2.24, 2.45) is 0 Å². The Bertz CT molecular complexity index is 345. The lowest BCUT2D eigenvalue weighted by molar-refractivity contribution is 0.0231. The maximum Gasteiger partial charge on any atom is 0.0959 e. The monoisotopic (exact) mass is 240 g/mol. The van der Waals surface area contributed by atoms with Gasteiger partial charge in [-0.25, -0.2) is 4.98 Å². The molecule has 1 heterocycles. The summed E-state index contributed by atoms with van der Waals surface area (Å²) in [4.78, 5) is 5.79. The third-order valence-corrected chi connectivity index (χ3v) is 4.06. The number of nitrogens with zero attached hydrogens (tertiary/aromatic N) is 1. The van der Waals surface area contributed by atoms with Crippen molar-refractivity contribution in [3.8, 4) is 0 Å². The Morgan fingerprint density at radius 1 is 1.56 bits per heavy atom. The van der Waals surface area contributed by atoms with Gasteiger partial charge in [-0.05, 0) is 26.7 Å². The summed E-state index contributed by atoms with van der Waals surface area (Å²) in [6.07, 6.45) is 4.67. The minimum absolute atomic E-state index is 0.0932. The van der Waals surface area contributed by atoms with Crippen molar-refractivity contribution in [3.63, 3.8) is 0 Å². The molecular weight excluding hydrogens is 220 g/mol. The van der Waals surface area contributed by atoms with Gasteiger partial charge in [-0.3, -0.25) is 0 Å². The minimum Gasteiger partial charge on any atom is -0.377 e. The second kappa shape index (κ2) is 4.82. The van der Waals surface area contributed by atoms with E-state index >= 15 is 0 Å². The molecule has 0 unspecified atom stereocenters. The highest BCUT2D eigenvalue weighted by molar-refractivity contribution is 7.11. The molecule has 0 radical (unpaired) electrons. The van der Waals surface area contributed by atoms with Crippen LogP contribution in [0.1, 0.15) is 42.5 Å². The zero-order valence-corrected chi connectivity index (χ0v) is 11.1. The van der Waals surface area contributed by atoms with Gasteiger partial charge in [0.1, 0.15) is 0 Å². The zero-order valence-electron chi connectivity index (χ0n) is 10.2. The first-order valence-corrected chi connectivity index (χ1v) is 6.63. The largest absolute Gasteiger partial charge is 0.377 e. The fourth-order valence-corrected chi connectivity index (χ4v) is 2.54. The molecule has 0 amide bonds. The van der Waals surface area contributed by atoms with E-state index in [4.69, 9.17) is 4.74 Å². The topological polar surface area (TPSA) is 34.1 Å². The Morgan fingerprint density at radius 2 is 2.31 bits per heavy atom. The molecule has 0 aromatic carbocycles. The van der Waals surface area contributed by atoms with Crippen LogP contribution < -0.4 is 5.32 Å². The molecule has 1 fully saturated rings. The summed E-state index contributed by atoms with van der Waals surface area (Å²) in [5.74, 6) is 0.772. The maximum absolute atomic E-state index is 5.35. The fourth-order valence-electron chi connectivity index (χ4n) is 1.48. The maximum atomic E-state index is 5.35. The lowest BCUT2D eigenvalue weighted by atomic mass is 10.1. The van der Waals surface area contributed by atoms with Gasteiger partial charge in [0.25, 0.3) is 0 Å². The molecule has 4 heteroatoms. The highest BCUT2D eigenvalue weighted by Gasteiger charge is 2.26. The van der Waals surface area contributed by atoms with Gasteiger partial charge in [0.2, 0.25) is 0 Å². The van der Waals surface area contributed by atoms with E-state index in [0.717, 1.165) is 19.0 Å². The summed E-state index contributed by atoms with van der Waals surface area (Å²) < 4.78 is 5.35. The van der Waals surface area contributed by atoms with E-state index in [-0.39, 0.29) is 5.60 Å². The predicted molar refractivity (Wildman–Crippen MR) is 66.9 cm³/mol. The molecule has 0 saturated heterocycles. The van der Waals surface area contributed by atoms with Crippen LogP contribution in [0.15, 0.2) is 6.20 Å². The van der Waals surface area contributed by atoms with E-state index in [2.05, 4.69) is 24.1 Å². The van der Waals surface area contributed by atoms with Crippen LogP contribution in [0.5, 0.6) is 0 Å². The lowest BCUT2D eigenvalue weighted by Gasteiger charge is -2.22. The SMILES string of the molecule is COC(C)(C)CNCc1cnc(C2CC2)s1. The smallest absolute Gasteiger partial charge is 0.0959 e.